The first-order chi connectivity index (χ1) is 9.00. The maximum atomic E-state index is 12.1. The third-order valence-corrected chi connectivity index (χ3v) is 4.59. The number of carbonyl (C=O) groups excluding carboxylic acids is 1. The summed E-state index contributed by atoms with van der Waals surface area (Å²) in [5, 5.41) is 5.89. The Morgan fingerprint density at radius 1 is 1.63 bits per heavy atom. The van der Waals surface area contributed by atoms with E-state index >= 15 is 0 Å². The summed E-state index contributed by atoms with van der Waals surface area (Å²) < 4.78 is 0. The number of hydrogen-bond acceptors (Lipinski definition) is 4. The van der Waals surface area contributed by atoms with Crippen molar-refractivity contribution in [2.45, 2.75) is 52.0 Å². The second-order valence-corrected chi connectivity index (χ2v) is 7.04. The van der Waals surface area contributed by atoms with Crippen LogP contribution in [0.5, 0.6) is 0 Å². The van der Waals surface area contributed by atoms with Gasteiger partial charge in [0.1, 0.15) is 5.69 Å². The van der Waals surface area contributed by atoms with Crippen LogP contribution in [0.25, 0.3) is 0 Å². The van der Waals surface area contributed by atoms with Crippen molar-refractivity contribution < 1.29 is 4.79 Å². The molecular formula is C14H23N3OS. The van der Waals surface area contributed by atoms with Crippen LogP contribution < -0.4 is 11.1 Å². The minimum atomic E-state index is -0.0396. The van der Waals surface area contributed by atoms with Gasteiger partial charge >= 0.3 is 0 Å². The van der Waals surface area contributed by atoms with Crippen LogP contribution >= 0.6 is 11.3 Å². The summed E-state index contributed by atoms with van der Waals surface area (Å²) in [4.78, 5) is 16.5. The maximum Gasteiger partial charge on any atom is 0.270 e. The summed E-state index contributed by atoms with van der Waals surface area (Å²) in [6.45, 7) is 5.12. The van der Waals surface area contributed by atoms with Crippen molar-refractivity contribution in [2.75, 3.05) is 6.54 Å². The van der Waals surface area contributed by atoms with Crippen LogP contribution in [0.2, 0.25) is 0 Å². The average Bonchev–Trinajstić information content (AvgIpc) is 2.77. The molecule has 0 spiro atoms. The Morgan fingerprint density at radius 2 is 2.42 bits per heavy atom. The number of nitrogens with zero attached hydrogens (tertiary/aromatic N) is 1. The normalized spacial score (nSPS) is 22.2. The lowest BCUT2D eigenvalue weighted by atomic mass is 9.75. The summed E-state index contributed by atoms with van der Waals surface area (Å²) in [5.41, 5.74) is 6.37. The number of nitrogens with one attached hydrogen (secondary N) is 1. The third kappa shape index (κ3) is 4.01. The lowest BCUT2D eigenvalue weighted by Gasteiger charge is -2.35. The highest BCUT2D eigenvalue weighted by Crippen LogP contribution is 2.35. The molecule has 5 heteroatoms. The molecule has 1 saturated carbocycles. The lowest BCUT2D eigenvalue weighted by molar-refractivity contribution is 0.0898. The fourth-order valence-electron chi connectivity index (χ4n) is 2.73. The average molecular weight is 281 g/mol. The second-order valence-electron chi connectivity index (χ2n) is 6.10. The molecular weight excluding hydrogens is 258 g/mol. The zero-order chi connectivity index (χ0) is 13.9. The van der Waals surface area contributed by atoms with Gasteiger partial charge in [0, 0.05) is 17.8 Å². The quantitative estimate of drug-likeness (QED) is 0.890. The number of hydrogen-bond donors (Lipinski definition) is 2. The van der Waals surface area contributed by atoms with Crippen molar-refractivity contribution in [3.05, 3.63) is 16.1 Å². The van der Waals surface area contributed by atoms with Crippen LogP contribution in [0, 0.1) is 5.41 Å². The smallest absolute Gasteiger partial charge is 0.270 e. The minimum absolute atomic E-state index is 0.0396. The van der Waals surface area contributed by atoms with Gasteiger partial charge in [-0.1, -0.05) is 20.3 Å². The van der Waals surface area contributed by atoms with E-state index in [1.54, 1.807) is 0 Å². The van der Waals surface area contributed by atoms with Gasteiger partial charge in [0.25, 0.3) is 5.91 Å². The van der Waals surface area contributed by atoms with Gasteiger partial charge in [0.15, 0.2) is 0 Å². The first-order valence-corrected chi connectivity index (χ1v) is 7.83. The SMILES string of the molecule is CC1(C)CCCC(NC(=O)c2csc(CCN)n2)C1. The van der Waals surface area contributed by atoms with Gasteiger partial charge < -0.3 is 11.1 Å². The molecule has 19 heavy (non-hydrogen) atoms. The summed E-state index contributed by atoms with van der Waals surface area (Å²) in [6.07, 6.45) is 5.31. The molecule has 1 unspecified atom stereocenters. The van der Waals surface area contributed by atoms with Gasteiger partial charge in [-0.25, -0.2) is 4.98 Å². The Bertz CT molecular complexity index is 442. The van der Waals surface area contributed by atoms with Gasteiger partial charge in [0.05, 0.1) is 5.01 Å². The number of carbonyl (C=O) groups is 1. The molecule has 0 aliphatic heterocycles. The number of rotatable bonds is 4. The zero-order valence-electron chi connectivity index (χ0n) is 11.7. The Hall–Kier alpha value is -0.940. The van der Waals surface area contributed by atoms with Crippen molar-refractivity contribution in [3.8, 4) is 0 Å². The van der Waals surface area contributed by atoms with Gasteiger partial charge in [-0.05, 0) is 31.2 Å². The Labute approximate surface area is 118 Å². The van der Waals surface area contributed by atoms with E-state index in [9.17, 15) is 4.79 Å². The predicted molar refractivity (Wildman–Crippen MR) is 78.4 cm³/mol. The fraction of sp³-hybridized carbons (Fsp3) is 0.714. The number of nitrogens with two attached hydrogens (primary N) is 1. The minimum Gasteiger partial charge on any atom is -0.348 e. The molecule has 3 N–H and O–H groups in total. The van der Waals surface area contributed by atoms with Crippen molar-refractivity contribution in [3.63, 3.8) is 0 Å². The summed E-state index contributed by atoms with van der Waals surface area (Å²) in [6, 6.07) is 0.288. The predicted octanol–water partition coefficient (Wildman–Crippen LogP) is 2.34. The van der Waals surface area contributed by atoms with E-state index in [0.717, 1.165) is 24.3 Å². The van der Waals surface area contributed by atoms with Crippen LogP contribution in [0.3, 0.4) is 0 Å². The summed E-state index contributed by atoms with van der Waals surface area (Å²) in [7, 11) is 0. The monoisotopic (exact) mass is 281 g/mol. The Morgan fingerprint density at radius 3 is 3.11 bits per heavy atom. The van der Waals surface area contributed by atoms with E-state index in [0.29, 0.717) is 17.7 Å². The molecule has 0 bridgehead atoms. The first kappa shape index (κ1) is 14.5. The van der Waals surface area contributed by atoms with E-state index in [-0.39, 0.29) is 11.9 Å². The largest absolute Gasteiger partial charge is 0.348 e. The van der Waals surface area contributed by atoms with E-state index in [4.69, 9.17) is 5.73 Å². The molecule has 1 aliphatic carbocycles. The molecule has 0 aromatic carbocycles. The molecule has 1 atom stereocenters. The first-order valence-electron chi connectivity index (χ1n) is 6.95. The van der Waals surface area contributed by atoms with E-state index in [1.165, 1.54) is 24.2 Å². The van der Waals surface area contributed by atoms with Gasteiger partial charge in [0.2, 0.25) is 0 Å². The highest BCUT2D eigenvalue weighted by atomic mass is 32.1. The number of thiazole rings is 1. The molecule has 4 nitrogen and oxygen atoms in total. The van der Waals surface area contributed by atoms with Crippen LogP contribution in [0.1, 0.15) is 55.0 Å². The molecule has 0 radical (unpaired) electrons. The number of amides is 1. The van der Waals surface area contributed by atoms with Gasteiger partial charge in [-0.3, -0.25) is 4.79 Å². The van der Waals surface area contributed by atoms with Crippen LogP contribution in [-0.4, -0.2) is 23.5 Å². The van der Waals surface area contributed by atoms with Crippen LogP contribution in [0.15, 0.2) is 5.38 Å². The highest BCUT2D eigenvalue weighted by molar-refractivity contribution is 7.09. The van der Waals surface area contributed by atoms with Crippen molar-refractivity contribution in [1.29, 1.82) is 0 Å². The second kappa shape index (κ2) is 6.01. The molecule has 1 aromatic heterocycles. The molecule has 1 heterocycles. The van der Waals surface area contributed by atoms with Gasteiger partial charge in [-0.2, -0.15) is 0 Å². The molecule has 1 fully saturated rings. The number of aromatic nitrogens is 1. The third-order valence-electron chi connectivity index (χ3n) is 3.68. The van der Waals surface area contributed by atoms with E-state index in [1.807, 2.05) is 5.38 Å². The van der Waals surface area contributed by atoms with Crippen molar-refractivity contribution in [1.82, 2.24) is 10.3 Å². The molecule has 1 aliphatic rings. The lowest BCUT2D eigenvalue weighted by Crippen LogP contribution is -2.40. The standard InChI is InChI=1S/C14H23N3OS/c1-14(2)6-3-4-10(8-14)16-13(18)11-9-19-12(17-11)5-7-15/h9-10H,3-8,15H2,1-2H3,(H,16,18). The summed E-state index contributed by atoms with van der Waals surface area (Å²) >= 11 is 1.51. The molecule has 106 valence electrons. The fourth-order valence-corrected chi connectivity index (χ4v) is 3.53. The Kier molecular flexibility index (Phi) is 4.58. The van der Waals surface area contributed by atoms with E-state index in [2.05, 4.69) is 24.1 Å². The molecule has 1 amide bonds. The van der Waals surface area contributed by atoms with Crippen molar-refractivity contribution in [2.24, 2.45) is 11.1 Å². The highest BCUT2D eigenvalue weighted by Gasteiger charge is 2.29. The topological polar surface area (TPSA) is 68.0 Å². The zero-order valence-corrected chi connectivity index (χ0v) is 12.6. The Balaban J connectivity index is 1.92. The maximum absolute atomic E-state index is 12.1. The van der Waals surface area contributed by atoms with Crippen molar-refractivity contribution >= 4 is 17.2 Å². The van der Waals surface area contributed by atoms with E-state index < -0.39 is 0 Å². The molecule has 0 saturated heterocycles. The van der Waals surface area contributed by atoms with Gasteiger partial charge in [-0.15, -0.1) is 11.3 Å². The van der Waals surface area contributed by atoms with Crippen LogP contribution in [-0.2, 0) is 6.42 Å². The molecule has 1 aromatic rings. The summed E-state index contributed by atoms with van der Waals surface area (Å²) in [5.74, 6) is -0.0396. The molecule has 2 rings (SSSR count). The van der Waals surface area contributed by atoms with Crippen LogP contribution in [0.4, 0.5) is 0 Å².